The Morgan fingerprint density at radius 1 is 1.26 bits per heavy atom. The summed E-state index contributed by atoms with van der Waals surface area (Å²) in [5.41, 5.74) is 1.02. The number of hydrogen-bond acceptors (Lipinski definition) is 5. The van der Waals surface area contributed by atoms with Crippen LogP contribution in [0.4, 0.5) is 5.82 Å². The van der Waals surface area contributed by atoms with E-state index in [0.29, 0.717) is 0 Å². The van der Waals surface area contributed by atoms with Crippen molar-refractivity contribution in [1.82, 2.24) is 9.97 Å². The average Bonchev–Trinajstić information content (AvgIpc) is 2.88. The van der Waals surface area contributed by atoms with Crippen molar-refractivity contribution in [3.8, 4) is 5.75 Å². The molecule has 0 radical (unpaired) electrons. The Hall–Kier alpha value is -2.14. The van der Waals surface area contributed by atoms with Gasteiger partial charge in [-0.3, -0.25) is 0 Å². The first-order chi connectivity index (χ1) is 9.24. The highest BCUT2D eigenvalue weighted by atomic mass is 32.1. The van der Waals surface area contributed by atoms with Crippen LogP contribution in [0.25, 0.3) is 10.2 Å². The molecule has 3 aromatic rings. The van der Waals surface area contributed by atoms with E-state index in [4.69, 9.17) is 0 Å². The van der Waals surface area contributed by atoms with Crippen LogP contribution in [-0.2, 0) is 0 Å². The van der Waals surface area contributed by atoms with Gasteiger partial charge in [0.2, 0.25) is 0 Å². The molecular formula is C14H13N3OS. The summed E-state index contributed by atoms with van der Waals surface area (Å²) >= 11 is 1.60. The highest BCUT2D eigenvalue weighted by Gasteiger charge is 2.10. The van der Waals surface area contributed by atoms with Crippen molar-refractivity contribution in [2.45, 2.75) is 13.0 Å². The fraction of sp³-hybridized carbons (Fsp3) is 0.143. The number of anilines is 1. The molecule has 0 aliphatic heterocycles. The molecule has 5 heteroatoms. The van der Waals surface area contributed by atoms with E-state index in [0.717, 1.165) is 21.6 Å². The molecule has 0 aliphatic carbocycles. The smallest absolute Gasteiger partial charge is 0.138 e. The summed E-state index contributed by atoms with van der Waals surface area (Å²) in [5, 5.41) is 15.9. The Kier molecular flexibility index (Phi) is 3.05. The van der Waals surface area contributed by atoms with Gasteiger partial charge in [0.15, 0.2) is 0 Å². The van der Waals surface area contributed by atoms with Crippen molar-refractivity contribution in [3.05, 3.63) is 47.6 Å². The lowest BCUT2D eigenvalue weighted by atomic mass is 10.1. The molecule has 0 fully saturated rings. The maximum absolute atomic E-state index is 9.52. The molecule has 0 bridgehead atoms. The number of phenolic OH excluding ortho intramolecular Hbond substituents is 1. The fourth-order valence-electron chi connectivity index (χ4n) is 1.99. The summed E-state index contributed by atoms with van der Waals surface area (Å²) < 4.78 is 0. The Bertz CT molecular complexity index is 710. The monoisotopic (exact) mass is 271 g/mol. The largest absolute Gasteiger partial charge is 0.508 e. The first-order valence-electron chi connectivity index (χ1n) is 5.98. The summed E-state index contributed by atoms with van der Waals surface area (Å²) in [6.07, 6.45) is 1.57. The van der Waals surface area contributed by atoms with Gasteiger partial charge < -0.3 is 10.4 Å². The minimum Gasteiger partial charge on any atom is -0.508 e. The average molecular weight is 271 g/mol. The molecule has 0 aliphatic rings. The van der Waals surface area contributed by atoms with Gasteiger partial charge in [0.1, 0.15) is 22.7 Å². The van der Waals surface area contributed by atoms with Crippen LogP contribution in [0.15, 0.2) is 42.0 Å². The Balaban J connectivity index is 1.90. The van der Waals surface area contributed by atoms with Crippen LogP contribution in [-0.4, -0.2) is 15.1 Å². The lowest BCUT2D eigenvalue weighted by Gasteiger charge is -2.15. The summed E-state index contributed by atoms with van der Waals surface area (Å²) in [7, 11) is 0. The molecule has 0 saturated heterocycles. The molecule has 96 valence electrons. The topological polar surface area (TPSA) is 58.0 Å². The fourth-order valence-corrected chi connectivity index (χ4v) is 2.72. The first kappa shape index (κ1) is 11.9. The zero-order chi connectivity index (χ0) is 13.2. The number of hydrogen-bond donors (Lipinski definition) is 2. The standard InChI is InChI=1S/C14H13N3OS/c1-9(10-3-2-4-11(18)7-10)17-13-12-5-6-19-14(12)16-8-15-13/h2-9,18H,1H3,(H,15,16,17)/t9-/m0/s1. The number of thiophene rings is 1. The Labute approximate surface area is 114 Å². The molecule has 0 saturated carbocycles. The molecule has 2 N–H and O–H groups in total. The molecular weight excluding hydrogens is 258 g/mol. The number of aromatic nitrogens is 2. The van der Waals surface area contributed by atoms with Crippen molar-refractivity contribution in [2.24, 2.45) is 0 Å². The number of aromatic hydroxyl groups is 1. The van der Waals surface area contributed by atoms with Crippen LogP contribution in [0.3, 0.4) is 0 Å². The molecule has 1 atom stereocenters. The molecule has 2 aromatic heterocycles. The summed E-state index contributed by atoms with van der Waals surface area (Å²) in [5.74, 6) is 1.09. The molecule has 0 unspecified atom stereocenters. The Morgan fingerprint density at radius 3 is 3.00 bits per heavy atom. The Morgan fingerprint density at radius 2 is 2.16 bits per heavy atom. The number of rotatable bonds is 3. The van der Waals surface area contributed by atoms with E-state index >= 15 is 0 Å². The highest BCUT2D eigenvalue weighted by molar-refractivity contribution is 7.16. The van der Waals surface area contributed by atoms with Gasteiger partial charge in [-0.2, -0.15) is 0 Å². The van der Waals surface area contributed by atoms with Crippen molar-refractivity contribution in [3.63, 3.8) is 0 Å². The van der Waals surface area contributed by atoms with Crippen molar-refractivity contribution >= 4 is 27.4 Å². The molecule has 19 heavy (non-hydrogen) atoms. The van der Waals surface area contributed by atoms with Crippen molar-refractivity contribution < 1.29 is 5.11 Å². The second kappa shape index (κ2) is 4.85. The van der Waals surface area contributed by atoms with Gasteiger partial charge in [-0.1, -0.05) is 12.1 Å². The second-order valence-electron chi connectivity index (χ2n) is 4.32. The number of fused-ring (bicyclic) bond motifs is 1. The third-order valence-corrected chi connectivity index (χ3v) is 3.81. The van der Waals surface area contributed by atoms with Gasteiger partial charge >= 0.3 is 0 Å². The second-order valence-corrected chi connectivity index (χ2v) is 5.22. The van der Waals surface area contributed by atoms with Crippen LogP contribution in [0.5, 0.6) is 5.75 Å². The van der Waals surface area contributed by atoms with E-state index < -0.39 is 0 Å². The summed E-state index contributed by atoms with van der Waals surface area (Å²) in [6, 6.07) is 9.30. The maximum atomic E-state index is 9.52. The molecule has 2 heterocycles. The van der Waals surface area contributed by atoms with Crippen LogP contribution in [0.2, 0.25) is 0 Å². The zero-order valence-corrected chi connectivity index (χ0v) is 11.2. The van der Waals surface area contributed by atoms with Gasteiger partial charge in [-0.25, -0.2) is 9.97 Å². The highest BCUT2D eigenvalue weighted by Crippen LogP contribution is 2.27. The van der Waals surface area contributed by atoms with E-state index in [2.05, 4.69) is 15.3 Å². The van der Waals surface area contributed by atoms with Crippen LogP contribution in [0.1, 0.15) is 18.5 Å². The summed E-state index contributed by atoms with van der Waals surface area (Å²) in [4.78, 5) is 9.49. The third-order valence-electron chi connectivity index (χ3n) is 2.99. The predicted molar refractivity (Wildman–Crippen MR) is 77.6 cm³/mol. The maximum Gasteiger partial charge on any atom is 0.138 e. The quantitative estimate of drug-likeness (QED) is 0.764. The van der Waals surface area contributed by atoms with E-state index in [1.165, 1.54) is 0 Å². The molecule has 3 rings (SSSR count). The first-order valence-corrected chi connectivity index (χ1v) is 6.85. The van der Waals surface area contributed by atoms with Gasteiger partial charge in [-0.15, -0.1) is 11.3 Å². The molecule has 4 nitrogen and oxygen atoms in total. The third kappa shape index (κ3) is 2.37. The van der Waals surface area contributed by atoms with E-state index in [9.17, 15) is 5.11 Å². The minimum absolute atomic E-state index is 0.0603. The number of phenols is 1. The zero-order valence-electron chi connectivity index (χ0n) is 10.4. The van der Waals surface area contributed by atoms with E-state index in [1.807, 2.05) is 30.5 Å². The van der Waals surface area contributed by atoms with Gasteiger partial charge in [0, 0.05) is 0 Å². The van der Waals surface area contributed by atoms with Crippen LogP contribution < -0.4 is 5.32 Å². The van der Waals surface area contributed by atoms with Crippen molar-refractivity contribution in [2.75, 3.05) is 5.32 Å². The van der Waals surface area contributed by atoms with E-state index in [-0.39, 0.29) is 11.8 Å². The van der Waals surface area contributed by atoms with Crippen LogP contribution >= 0.6 is 11.3 Å². The molecule has 0 spiro atoms. The van der Waals surface area contributed by atoms with Gasteiger partial charge in [0.25, 0.3) is 0 Å². The predicted octanol–water partition coefficient (Wildman–Crippen LogP) is 3.57. The molecule has 0 amide bonds. The van der Waals surface area contributed by atoms with Gasteiger partial charge in [0.05, 0.1) is 11.4 Å². The van der Waals surface area contributed by atoms with Gasteiger partial charge in [-0.05, 0) is 36.1 Å². The molecule has 1 aromatic carbocycles. The number of nitrogens with one attached hydrogen (secondary N) is 1. The SMILES string of the molecule is C[C@H](Nc1ncnc2sccc12)c1cccc(O)c1. The lowest BCUT2D eigenvalue weighted by molar-refractivity contribution is 0.474. The number of benzene rings is 1. The van der Waals surface area contributed by atoms with Crippen molar-refractivity contribution in [1.29, 1.82) is 0 Å². The van der Waals surface area contributed by atoms with E-state index in [1.54, 1.807) is 29.8 Å². The van der Waals surface area contributed by atoms with Crippen LogP contribution in [0, 0.1) is 0 Å². The number of nitrogens with zero attached hydrogens (tertiary/aromatic N) is 2. The lowest BCUT2D eigenvalue weighted by Crippen LogP contribution is -2.08. The minimum atomic E-state index is 0.0603. The summed E-state index contributed by atoms with van der Waals surface area (Å²) in [6.45, 7) is 2.04. The normalized spacial score (nSPS) is 12.5.